The second kappa shape index (κ2) is 6.18. The van der Waals surface area contributed by atoms with Crippen molar-refractivity contribution in [3.8, 4) is 0 Å². The molecule has 2 N–H and O–H groups in total. The standard InChI is InChI=1S/C12H19N3O3/c1-4-15-6-5-13-10(11(15)16)14-9(12(17)18)7-8(2)3/h5-6,8-9H,4,7H2,1-3H3,(H,13,14)(H,17,18). The number of nitrogens with zero attached hydrogens (tertiary/aromatic N) is 2. The van der Waals surface area contributed by atoms with Gasteiger partial charge in [-0.25, -0.2) is 9.78 Å². The molecule has 0 amide bonds. The molecule has 0 radical (unpaired) electrons. The van der Waals surface area contributed by atoms with Gasteiger partial charge in [0, 0.05) is 18.9 Å². The lowest BCUT2D eigenvalue weighted by Gasteiger charge is -2.16. The number of hydrogen-bond donors (Lipinski definition) is 2. The van der Waals surface area contributed by atoms with Crippen LogP contribution in [0.15, 0.2) is 17.2 Å². The van der Waals surface area contributed by atoms with Crippen LogP contribution < -0.4 is 10.9 Å². The third kappa shape index (κ3) is 3.58. The molecule has 1 aromatic rings. The highest BCUT2D eigenvalue weighted by molar-refractivity contribution is 5.76. The van der Waals surface area contributed by atoms with Crippen LogP contribution in [0.4, 0.5) is 5.82 Å². The molecule has 0 fully saturated rings. The van der Waals surface area contributed by atoms with Crippen molar-refractivity contribution in [2.75, 3.05) is 5.32 Å². The first-order valence-corrected chi connectivity index (χ1v) is 6.00. The van der Waals surface area contributed by atoms with Gasteiger partial charge in [0.15, 0.2) is 5.82 Å². The van der Waals surface area contributed by atoms with E-state index in [1.807, 2.05) is 20.8 Å². The number of aromatic nitrogens is 2. The van der Waals surface area contributed by atoms with E-state index in [1.54, 1.807) is 6.20 Å². The number of rotatable bonds is 6. The maximum Gasteiger partial charge on any atom is 0.326 e. The maximum absolute atomic E-state index is 11.9. The Bertz CT molecular complexity index is 468. The Morgan fingerprint density at radius 1 is 1.56 bits per heavy atom. The number of hydrogen-bond acceptors (Lipinski definition) is 4. The van der Waals surface area contributed by atoms with Gasteiger partial charge in [-0.15, -0.1) is 0 Å². The van der Waals surface area contributed by atoms with E-state index in [0.29, 0.717) is 13.0 Å². The molecule has 100 valence electrons. The molecule has 0 aliphatic rings. The Labute approximate surface area is 106 Å². The summed E-state index contributed by atoms with van der Waals surface area (Å²) in [5, 5.41) is 11.8. The summed E-state index contributed by atoms with van der Waals surface area (Å²) in [4.78, 5) is 26.9. The van der Waals surface area contributed by atoms with Crippen LogP contribution in [0.3, 0.4) is 0 Å². The lowest BCUT2D eigenvalue weighted by atomic mass is 10.0. The predicted octanol–water partition coefficient (Wildman–Crippen LogP) is 1.17. The number of aliphatic carboxylic acids is 1. The number of aryl methyl sites for hydroxylation is 1. The van der Waals surface area contributed by atoms with Crippen molar-refractivity contribution in [3.05, 3.63) is 22.7 Å². The van der Waals surface area contributed by atoms with Crippen LogP contribution in [0.25, 0.3) is 0 Å². The molecule has 6 heteroatoms. The minimum Gasteiger partial charge on any atom is -0.480 e. The minimum absolute atomic E-state index is 0.0902. The van der Waals surface area contributed by atoms with Crippen molar-refractivity contribution in [1.29, 1.82) is 0 Å². The SMILES string of the molecule is CCn1ccnc(NC(CC(C)C)C(=O)O)c1=O. The van der Waals surface area contributed by atoms with Crippen molar-refractivity contribution < 1.29 is 9.90 Å². The quantitative estimate of drug-likeness (QED) is 0.795. The lowest BCUT2D eigenvalue weighted by molar-refractivity contribution is -0.138. The Morgan fingerprint density at radius 3 is 2.72 bits per heavy atom. The average molecular weight is 253 g/mol. The topological polar surface area (TPSA) is 84.2 Å². The Morgan fingerprint density at radius 2 is 2.22 bits per heavy atom. The van der Waals surface area contributed by atoms with Gasteiger partial charge < -0.3 is 15.0 Å². The van der Waals surface area contributed by atoms with Crippen LogP contribution in [0, 0.1) is 5.92 Å². The highest BCUT2D eigenvalue weighted by atomic mass is 16.4. The Hall–Kier alpha value is -1.85. The zero-order valence-corrected chi connectivity index (χ0v) is 10.9. The molecule has 1 heterocycles. The minimum atomic E-state index is -0.975. The first-order valence-electron chi connectivity index (χ1n) is 6.00. The zero-order chi connectivity index (χ0) is 13.7. The van der Waals surface area contributed by atoms with Gasteiger partial charge in [-0.1, -0.05) is 13.8 Å². The monoisotopic (exact) mass is 253 g/mol. The third-order valence-electron chi connectivity index (χ3n) is 2.57. The molecule has 1 aromatic heterocycles. The van der Waals surface area contributed by atoms with Crippen molar-refractivity contribution >= 4 is 11.8 Å². The summed E-state index contributed by atoms with van der Waals surface area (Å²) in [5.74, 6) is -0.667. The molecule has 1 unspecified atom stereocenters. The van der Waals surface area contributed by atoms with E-state index >= 15 is 0 Å². The third-order valence-corrected chi connectivity index (χ3v) is 2.57. The Balaban J connectivity index is 2.94. The lowest BCUT2D eigenvalue weighted by Crippen LogP contribution is -2.35. The summed E-state index contributed by atoms with van der Waals surface area (Å²) >= 11 is 0. The fourth-order valence-corrected chi connectivity index (χ4v) is 1.65. The van der Waals surface area contributed by atoms with Crippen LogP contribution in [0.1, 0.15) is 27.2 Å². The van der Waals surface area contributed by atoms with Crippen molar-refractivity contribution in [2.45, 2.75) is 39.8 Å². The van der Waals surface area contributed by atoms with E-state index in [9.17, 15) is 9.59 Å². The summed E-state index contributed by atoms with van der Waals surface area (Å²) < 4.78 is 1.48. The molecule has 0 aromatic carbocycles. The number of nitrogens with one attached hydrogen (secondary N) is 1. The van der Waals surface area contributed by atoms with Gasteiger partial charge >= 0.3 is 5.97 Å². The van der Waals surface area contributed by atoms with Gasteiger partial charge in [0.2, 0.25) is 0 Å². The summed E-state index contributed by atoms with van der Waals surface area (Å²) in [6.45, 7) is 6.23. The van der Waals surface area contributed by atoms with Crippen molar-refractivity contribution in [2.24, 2.45) is 5.92 Å². The second-order valence-corrected chi connectivity index (χ2v) is 4.53. The van der Waals surface area contributed by atoms with Crippen molar-refractivity contribution in [3.63, 3.8) is 0 Å². The number of anilines is 1. The normalized spacial score (nSPS) is 12.4. The maximum atomic E-state index is 11.9. The molecule has 0 aliphatic heterocycles. The van der Waals surface area contributed by atoms with Gasteiger partial charge in [-0.05, 0) is 19.3 Å². The molecule has 0 saturated heterocycles. The number of carbonyl (C=O) groups is 1. The number of carboxylic acid groups (broad SMARTS) is 1. The molecular formula is C12H19N3O3. The predicted molar refractivity (Wildman–Crippen MR) is 68.7 cm³/mol. The van der Waals surface area contributed by atoms with Crippen LogP contribution in [-0.4, -0.2) is 26.7 Å². The Kier molecular flexibility index (Phi) is 4.88. The molecule has 1 atom stereocenters. The molecule has 1 rings (SSSR count). The highest BCUT2D eigenvalue weighted by Gasteiger charge is 2.20. The molecular weight excluding hydrogens is 234 g/mol. The second-order valence-electron chi connectivity index (χ2n) is 4.53. The first kappa shape index (κ1) is 14.2. The van der Waals surface area contributed by atoms with Crippen LogP contribution >= 0.6 is 0 Å². The van der Waals surface area contributed by atoms with Crippen LogP contribution in [0.2, 0.25) is 0 Å². The first-order chi connectivity index (χ1) is 8.45. The fourth-order valence-electron chi connectivity index (χ4n) is 1.65. The smallest absolute Gasteiger partial charge is 0.326 e. The summed E-state index contributed by atoms with van der Waals surface area (Å²) in [5.41, 5.74) is -0.296. The summed E-state index contributed by atoms with van der Waals surface area (Å²) in [6.07, 6.45) is 3.50. The van der Waals surface area contributed by atoms with Crippen molar-refractivity contribution in [1.82, 2.24) is 9.55 Å². The largest absolute Gasteiger partial charge is 0.480 e. The molecule has 0 aliphatic carbocycles. The average Bonchev–Trinajstić information content (AvgIpc) is 2.30. The highest BCUT2D eigenvalue weighted by Crippen LogP contribution is 2.08. The van der Waals surface area contributed by atoms with E-state index < -0.39 is 12.0 Å². The molecule has 0 spiro atoms. The molecule has 0 bridgehead atoms. The summed E-state index contributed by atoms with van der Waals surface area (Å²) in [6, 6.07) is -0.794. The van der Waals surface area contributed by atoms with Gasteiger partial charge in [0.1, 0.15) is 6.04 Å². The fraction of sp³-hybridized carbons (Fsp3) is 0.583. The molecule has 6 nitrogen and oxygen atoms in total. The van der Waals surface area contributed by atoms with Gasteiger partial charge in [-0.2, -0.15) is 0 Å². The van der Waals surface area contributed by atoms with E-state index in [0.717, 1.165) is 0 Å². The van der Waals surface area contributed by atoms with Gasteiger partial charge in [0.05, 0.1) is 0 Å². The molecule has 0 saturated carbocycles. The molecule has 18 heavy (non-hydrogen) atoms. The van der Waals surface area contributed by atoms with Crippen LogP contribution in [-0.2, 0) is 11.3 Å². The van der Waals surface area contributed by atoms with E-state index in [-0.39, 0.29) is 17.3 Å². The van der Waals surface area contributed by atoms with Gasteiger partial charge in [0.25, 0.3) is 5.56 Å². The zero-order valence-electron chi connectivity index (χ0n) is 10.9. The van der Waals surface area contributed by atoms with E-state index in [1.165, 1.54) is 10.8 Å². The van der Waals surface area contributed by atoms with Crippen LogP contribution in [0.5, 0.6) is 0 Å². The van der Waals surface area contributed by atoms with Gasteiger partial charge in [-0.3, -0.25) is 4.79 Å². The van der Waals surface area contributed by atoms with E-state index in [2.05, 4.69) is 10.3 Å². The summed E-state index contributed by atoms with van der Waals surface area (Å²) in [7, 11) is 0. The number of carboxylic acids is 1. The van der Waals surface area contributed by atoms with E-state index in [4.69, 9.17) is 5.11 Å².